The van der Waals surface area contributed by atoms with Crippen molar-refractivity contribution in [3.63, 3.8) is 0 Å². The predicted molar refractivity (Wildman–Crippen MR) is 67.7 cm³/mol. The van der Waals surface area contributed by atoms with Gasteiger partial charge in [0.15, 0.2) is 9.84 Å². The highest BCUT2D eigenvalue weighted by Crippen LogP contribution is 2.29. The van der Waals surface area contributed by atoms with Gasteiger partial charge in [0.2, 0.25) is 0 Å². The molecular weight excluding hydrogens is 265 g/mol. The first kappa shape index (κ1) is 14.4. The first-order valence-corrected chi connectivity index (χ1v) is 6.99. The van der Waals surface area contributed by atoms with Crippen LogP contribution in [0.25, 0.3) is 0 Å². The second kappa shape index (κ2) is 5.80. The van der Waals surface area contributed by atoms with Crippen molar-refractivity contribution < 1.29 is 12.8 Å². The molecule has 17 heavy (non-hydrogen) atoms. The van der Waals surface area contributed by atoms with Gasteiger partial charge in [-0.15, -0.1) is 12.4 Å². The van der Waals surface area contributed by atoms with Gasteiger partial charge in [-0.3, -0.25) is 0 Å². The third kappa shape index (κ3) is 3.18. The fourth-order valence-electron chi connectivity index (χ4n) is 1.98. The summed E-state index contributed by atoms with van der Waals surface area (Å²) in [5.74, 6) is -0.357. The average Bonchev–Trinajstić information content (AvgIpc) is 2.40. The van der Waals surface area contributed by atoms with Crippen LogP contribution in [0.15, 0.2) is 24.3 Å². The van der Waals surface area contributed by atoms with Crippen molar-refractivity contribution >= 4 is 22.2 Å². The molecule has 0 aliphatic carbocycles. The van der Waals surface area contributed by atoms with Gasteiger partial charge in [0.25, 0.3) is 0 Å². The van der Waals surface area contributed by atoms with Gasteiger partial charge in [-0.25, -0.2) is 12.8 Å². The molecule has 1 aliphatic rings. The molecule has 0 amide bonds. The highest BCUT2D eigenvalue weighted by Gasteiger charge is 2.30. The minimum absolute atomic E-state index is 0. The van der Waals surface area contributed by atoms with Crippen LogP contribution in [0.1, 0.15) is 17.2 Å². The van der Waals surface area contributed by atoms with Crippen molar-refractivity contribution in [2.45, 2.75) is 11.7 Å². The number of rotatable bonds is 1. The Bertz CT molecular complexity index is 478. The van der Waals surface area contributed by atoms with Gasteiger partial charge in [-0.2, -0.15) is 0 Å². The van der Waals surface area contributed by atoms with Gasteiger partial charge < -0.3 is 5.32 Å². The number of hydrogen-bond acceptors (Lipinski definition) is 3. The lowest BCUT2D eigenvalue weighted by Crippen LogP contribution is -2.19. The Hall–Kier alpha value is -0.650. The topological polar surface area (TPSA) is 46.2 Å². The lowest BCUT2D eigenvalue weighted by atomic mass is 10.1. The molecule has 3 nitrogen and oxygen atoms in total. The van der Waals surface area contributed by atoms with Crippen LogP contribution in [0.4, 0.5) is 4.39 Å². The van der Waals surface area contributed by atoms with E-state index in [9.17, 15) is 12.8 Å². The maximum absolute atomic E-state index is 13.6. The largest absolute Gasteiger partial charge is 0.316 e. The molecule has 0 radical (unpaired) electrons. The Kier molecular flexibility index (Phi) is 4.91. The minimum atomic E-state index is -3.24. The van der Waals surface area contributed by atoms with E-state index in [-0.39, 0.29) is 18.2 Å². The molecule has 1 aromatic rings. The van der Waals surface area contributed by atoms with Gasteiger partial charge in [0, 0.05) is 12.1 Å². The van der Waals surface area contributed by atoms with Crippen LogP contribution < -0.4 is 5.32 Å². The van der Waals surface area contributed by atoms with E-state index in [2.05, 4.69) is 5.32 Å². The number of benzene rings is 1. The van der Waals surface area contributed by atoms with E-state index in [0.717, 1.165) is 0 Å². The second-order valence-corrected chi connectivity index (χ2v) is 6.22. The van der Waals surface area contributed by atoms with Crippen molar-refractivity contribution in [2.75, 3.05) is 18.8 Å². The Morgan fingerprint density at radius 1 is 1.24 bits per heavy atom. The molecule has 2 rings (SSSR count). The minimum Gasteiger partial charge on any atom is -0.316 e. The molecule has 0 spiro atoms. The molecular formula is C11H15ClFNO2S. The van der Waals surface area contributed by atoms with Crippen LogP contribution in [-0.4, -0.2) is 27.3 Å². The predicted octanol–water partition coefficient (Wildman–Crippen LogP) is 1.70. The summed E-state index contributed by atoms with van der Waals surface area (Å²) in [4.78, 5) is 0. The molecule has 1 heterocycles. The van der Waals surface area contributed by atoms with E-state index in [1.54, 1.807) is 18.2 Å². The number of nitrogens with one attached hydrogen (secondary N) is 1. The molecule has 0 aromatic heterocycles. The average molecular weight is 280 g/mol. The first-order chi connectivity index (χ1) is 7.61. The molecule has 0 saturated carbocycles. The zero-order chi connectivity index (χ0) is 11.6. The summed E-state index contributed by atoms with van der Waals surface area (Å²) in [5.41, 5.74) is 0.297. The summed E-state index contributed by atoms with van der Waals surface area (Å²) in [6, 6.07) is 6.11. The zero-order valence-corrected chi connectivity index (χ0v) is 10.9. The van der Waals surface area contributed by atoms with Crippen molar-refractivity contribution in [1.29, 1.82) is 0 Å². The Balaban J connectivity index is 0.00000144. The molecule has 1 aliphatic heterocycles. The Labute approximate surface area is 107 Å². The van der Waals surface area contributed by atoms with Crippen molar-refractivity contribution in [2.24, 2.45) is 0 Å². The fourth-order valence-corrected chi connectivity index (χ4v) is 3.75. The van der Waals surface area contributed by atoms with Crippen molar-refractivity contribution in [3.8, 4) is 0 Å². The van der Waals surface area contributed by atoms with E-state index in [4.69, 9.17) is 0 Å². The molecule has 1 atom stereocenters. The van der Waals surface area contributed by atoms with Gasteiger partial charge >= 0.3 is 0 Å². The molecule has 1 unspecified atom stereocenters. The molecule has 96 valence electrons. The Morgan fingerprint density at radius 2 is 1.94 bits per heavy atom. The van der Waals surface area contributed by atoms with Gasteiger partial charge in [0.05, 0.1) is 11.0 Å². The molecule has 1 fully saturated rings. The third-order valence-corrected chi connectivity index (χ3v) is 4.96. The van der Waals surface area contributed by atoms with Gasteiger partial charge in [-0.05, 0) is 19.0 Å². The van der Waals surface area contributed by atoms with E-state index < -0.39 is 20.9 Å². The maximum atomic E-state index is 13.6. The maximum Gasteiger partial charge on any atom is 0.158 e. The van der Waals surface area contributed by atoms with E-state index in [1.165, 1.54) is 6.07 Å². The quantitative estimate of drug-likeness (QED) is 0.851. The number of sulfone groups is 1. The monoisotopic (exact) mass is 279 g/mol. The third-order valence-electron chi connectivity index (χ3n) is 2.83. The summed E-state index contributed by atoms with van der Waals surface area (Å²) >= 11 is 0. The van der Waals surface area contributed by atoms with E-state index in [0.29, 0.717) is 25.1 Å². The highest BCUT2D eigenvalue weighted by molar-refractivity contribution is 7.91. The lowest BCUT2D eigenvalue weighted by molar-refractivity contribution is 0.564. The van der Waals surface area contributed by atoms with Crippen LogP contribution in [-0.2, 0) is 9.84 Å². The standard InChI is InChI=1S/C11H14FNO2S.ClH/c12-10-4-2-1-3-9(10)11-5-6-13-7-8-16(11,14)15;/h1-4,11,13H,5-8H2;1H. The lowest BCUT2D eigenvalue weighted by Gasteiger charge is -2.15. The fraction of sp³-hybridized carbons (Fsp3) is 0.455. The van der Waals surface area contributed by atoms with Crippen LogP contribution in [0.2, 0.25) is 0 Å². The summed E-state index contributed by atoms with van der Waals surface area (Å²) < 4.78 is 37.5. The van der Waals surface area contributed by atoms with Gasteiger partial charge in [-0.1, -0.05) is 18.2 Å². The summed E-state index contributed by atoms with van der Waals surface area (Å²) in [6.07, 6.45) is 0.434. The molecule has 1 saturated heterocycles. The van der Waals surface area contributed by atoms with Crippen molar-refractivity contribution in [3.05, 3.63) is 35.6 Å². The van der Waals surface area contributed by atoms with Crippen LogP contribution >= 0.6 is 12.4 Å². The first-order valence-electron chi connectivity index (χ1n) is 5.28. The van der Waals surface area contributed by atoms with E-state index >= 15 is 0 Å². The molecule has 6 heteroatoms. The number of hydrogen-bond donors (Lipinski definition) is 1. The number of halogens is 2. The smallest absolute Gasteiger partial charge is 0.158 e. The Morgan fingerprint density at radius 3 is 2.65 bits per heavy atom. The van der Waals surface area contributed by atoms with Crippen LogP contribution in [0.3, 0.4) is 0 Å². The second-order valence-electron chi connectivity index (χ2n) is 3.92. The molecule has 1 N–H and O–H groups in total. The van der Waals surface area contributed by atoms with Gasteiger partial charge in [0.1, 0.15) is 5.82 Å². The molecule has 0 bridgehead atoms. The zero-order valence-electron chi connectivity index (χ0n) is 9.23. The van der Waals surface area contributed by atoms with Crippen LogP contribution in [0.5, 0.6) is 0 Å². The SMILES string of the molecule is Cl.O=S1(=O)CCNCCC1c1ccccc1F. The summed E-state index contributed by atoms with van der Waals surface area (Å²) in [5, 5.41) is 2.32. The van der Waals surface area contributed by atoms with Crippen molar-refractivity contribution in [1.82, 2.24) is 5.32 Å². The summed E-state index contributed by atoms with van der Waals surface area (Å²) in [6.45, 7) is 1.06. The highest BCUT2D eigenvalue weighted by atomic mass is 35.5. The summed E-state index contributed by atoms with van der Waals surface area (Å²) in [7, 11) is -3.24. The normalized spacial score (nSPS) is 23.5. The molecule has 1 aromatic carbocycles. The van der Waals surface area contributed by atoms with E-state index in [1.807, 2.05) is 0 Å². The van der Waals surface area contributed by atoms with Crippen LogP contribution in [0, 0.1) is 5.82 Å².